The van der Waals surface area contributed by atoms with Gasteiger partial charge in [-0.3, -0.25) is 0 Å². The molecule has 1 saturated heterocycles. The lowest BCUT2D eigenvalue weighted by atomic mass is 10.1. The Labute approximate surface area is 112 Å². The highest BCUT2D eigenvalue weighted by Crippen LogP contribution is 2.27. The average molecular weight is 262 g/mol. The van der Waals surface area contributed by atoms with Gasteiger partial charge in [-0.15, -0.1) is 0 Å². The van der Waals surface area contributed by atoms with Gasteiger partial charge in [-0.2, -0.15) is 0 Å². The molecule has 2 aliphatic heterocycles. The van der Waals surface area contributed by atoms with Gasteiger partial charge in [0, 0.05) is 13.0 Å². The van der Waals surface area contributed by atoms with Gasteiger partial charge in [-0.1, -0.05) is 18.2 Å². The van der Waals surface area contributed by atoms with E-state index in [0.29, 0.717) is 13.2 Å². The Balaban J connectivity index is 1.42. The standard InChI is InChI=1S/C14H18N2O3/c17-14(16-11-5-6-18-9-11)15-8-12-7-10-3-1-2-4-13(10)19-12/h1-4,11-12H,5-9H2,(H2,15,16,17). The minimum Gasteiger partial charge on any atom is -0.488 e. The predicted octanol–water partition coefficient (Wildman–Crippen LogP) is 1.08. The molecule has 5 heteroatoms. The lowest BCUT2D eigenvalue weighted by Gasteiger charge is -2.14. The number of para-hydroxylation sites is 1. The fourth-order valence-electron chi connectivity index (χ4n) is 2.46. The zero-order chi connectivity index (χ0) is 13.1. The number of nitrogens with one attached hydrogen (secondary N) is 2. The van der Waals surface area contributed by atoms with E-state index >= 15 is 0 Å². The van der Waals surface area contributed by atoms with Crippen molar-refractivity contribution in [1.82, 2.24) is 10.6 Å². The number of rotatable bonds is 3. The van der Waals surface area contributed by atoms with E-state index in [1.807, 2.05) is 18.2 Å². The summed E-state index contributed by atoms with van der Waals surface area (Å²) in [5, 5.41) is 5.75. The maximum Gasteiger partial charge on any atom is 0.315 e. The third-order valence-corrected chi connectivity index (χ3v) is 3.47. The van der Waals surface area contributed by atoms with Gasteiger partial charge < -0.3 is 20.1 Å². The van der Waals surface area contributed by atoms with Crippen LogP contribution in [0.3, 0.4) is 0 Å². The molecule has 2 unspecified atom stereocenters. The molecule has 2 amide bonds. The van der Waals surface area contributed by atoms with E-state index in [2.05, 4.69) is 16.7 Å². The van der Waals surface area contributed by atoms with E-state index in [4.69, 9.17) is 9.47 Å². The average Bonchev–Trinajstić information content (AvgIpc) is 3.04. The minimum absolute atomic E-state index is 0.0305. The summed E-state index contributed by atoms with van der Waals surface area (Å²) in [6.45, 7) is 1.86. The van der Waals surface area contributed by atoms with Crippen molar-refractivity contribution in [3.63, 3.8) is 0 Å². The van der Waals surface area contributed by atoms with Crippen LogP contribution in [0.4, 0.5) is 4.79 Å². The number of hydrogen-bond donors (Lipinski definition) is 2. The maximum atomic E-state index is 11.7. The van der Waals surface area contributed by atoms with Crippen LogP contribution in [0, 0.1) is 0 Å². The van der Waals surface area contributed by atoms with E-state index in [1.165, 1.54) is 5.56 Å². The second kappa shape index (κ2) is 5.48. The number of amides is 2. The largest absolute Gasteiger partial charge is 0.488 e. The molecular weight excluding hydrogens is 244 g/mol. The molecule has 0 aliphatic carbocycles. The molecule has 0 radical (unpaired) electrons. The topological polar surface area (TPSA) is 59.6 Å². The number of benzene rings is 1. The zero-order valence-electron chi connectivity index (χ0n) is 10.7. The van der Waals surface area contributed by atoms with Crippen LogP contribution in [0.25, 0.3) is 0 Å². The SMILES string of the molecule is O=C(NCC1Cc2ccccc2O1)NC1CCOC1. The Morgan fingerprint density at radius 3 is 3.05 bits per heavy atom. The van der Waals surface area contributed by atoms with Crippen molar-refractivity contribution in [1.29, 1.82) is 0 Å². The van der Waals surface area contributed by atoms with Crippen molar-refractivity contribution < 1.29 is 14.3 Å². The summed E-state index contributed by atoms with van der Waals surface area (Å²) in [5.74, 6) is 0.930. The fourth-order valence-corrected chi connectivity index (χ4v) is 2.46. The number of ether oxygens (including phenoxy) is 2. The molecule has 5 nitrogen and oxygen atoms in total. The van der Waals surface area contributed by atoms with Gasteiger partial charge in [0.1, 0.15) is 11.9 Å². The van der Waals surface area contributed by atoms with Crippen molar-refractivity contribution in [3.8, 4) is 5.75 Å². The van der Waals surface area contributed by atoms with Crippen molar-refractivity contribution in [2.75, 3.05) is 19.8 Å². The molecule has 1 fully saturated rings. The predicted molar refractivity (Wildman–Crippen MR) is 70.3 cm³/mol. The molecule has 1 aromatic rings. The number of urea groups is 1. The number of carbonyl (C=O) groups is 1. The summed E-state index contributed by atoms with van der Waals surface area (Å²) in [4.78, 5) is 11.7. The molecule has 2 aliphatic rings. The molecule has 2 heterocycles. The van der Waals surface area contributed by atoms with Crippen molar-refractivity contribution in [2.45, 2.75) is 25.0 Å². The summed E-state index contributed by atoms with van der Waals surface area (Å²) in [6.07, 6.45) is 1.77. The van der Waals surface area contributed by atoms with Crippen LogP contribution in [0.2, 0.25) is 0 Å². The van der Waals surface area contributed by atoms with Crippen LogP contribution >= 0.6 is 0 Å². The van der Waals surface area contributed by atoms with Crippen LogP contribution in [0.5, 0.6) is 5.75 Å². The van der Waals surface area contributed by atoms with E-state index in [9.17, 15) is 4.79 Å². The lowest BCUT2D eigenvalue weighted by Crippen LogP contribution is -2.45. The smallest absolute Gasteiger partial charge is 0.315 e. The molecule has 2 N–H and O–H groups in total. The zero-order valence-corrected chi connectivity index (χ0v) is 10.7. The number of hydrogen-bond acceptors (Lipinski definition) is 3. The Morgan fingerprint density at radius 1 is 1.37 bits per heavy atom. The van der Waals surface area contributed by atoms with Gasteiger partial charge in [-0.25, -0.2) is 4.79 Å². The second-order valence-electron chi connectivity index (χ2n) is 4.97. The van der Waals surface area contributed by atoms with Crippen LogP contribution < -0.4 is 15.4 Å². The molecule has 0 spiro atoms. The van der Waals surface area contributed by atoms with Gasteiger partial charge >= 0.3 is 6.03 Å². The quantitative estimate of drug-likeness (QED) is 0.857. The van der Waals surface area contributed by atoms with Crippen LogP contribution in [-0.2, 0) is 11.2 Å². The van der Waals surface area contributed by atoms with Crippen molar-refractivity contribution in [2.24, 2.45) is 0 Å². The van der Waals surface area contributed by atoms with Crippen molar-refractivity contribution >= 4 is 6.03 Å². The van der Waals surface area contributed by atoms with Gasteiger partial charge in [0.2, 0.25) is 0 Å². The summed E-state index contributed by atoms with van der Waals surface area (Å²) in [7, 11) is 0. The molecule has 19 heavy (non-hydrogen) atoms. The highest BCUT2D eigenvalue weighted by Gasteiger charge is 2.23. The highest BCUT2D eigenvalue weighted by molar-refractivity contribution is 5.74. The molecular formula is C14H18N2O3. The molecule has 3 rings (SSSR count). The maximum absolute atomic E-state index is 11.7. The van der Waals surface area contributed by atoms with Crippen LogP contribution in [0.15, 0.2) is 24.3 Å². The van der Waals surface area contributed by atoms with E-state index < -0.39 is 0 Å². The third-order valence-electron chi connectivity index (χ3n) is 3.47. The lowest BCUT2D eigenvalue weighted by molar-refractivity contribution is 0.187. The summed E-state index contributed by atoms with van der Waals surface area (Å²) < 4.78 is 11.0. The molecule has 0 aromatic heterocycles. The van der Waals surface area contributed by atoms with E-state index in [0.717, 1.165) is 25.2 Å². The first kappa shape index (κ1) is 12.3. The van der Waals surface area contributed by atoms with Crippen molar-refractivity contribution in [3.05, 3.63) is 29.8 Å². The Morgan fingerprint density at radius 2 is 2.26 bits per heavy atom. The van der Waals surface area contributed by atoms with Gasteiger partial charge in [0.25, 0.3) is 0 Å². The van der Waals surface area contributed by atoms with E-state index in [-0.39, 0.29) is 18.2 Å². The van der Waals surface area contributed by atoms with Gasteiger partial charge in [0.05, 0.1) is 19.2 Å². The molecule has 2 atom stereocenters. The van der Waals surface area contributed by atoms with Crippen LogP contribution in [0.1, 0.15) is 12.0 Å². The summed E-state index contributed by atoms with van der Waals surface area (Å²) in [6, 6.07) is 7.99. The normalized spacial score (nSPS) is 24.6. The molecule has 0 saturated carbocycles. The number of carbonyl (C=O) groups excluding carboxylic acids is 1. The number of fused-ring (bicyclic) bond motifs is 1. The fraction of sp³-hybridized carbons (Fsp3) is 0.500. The highest BCUT2D eigenvalue weighted by atomic mass is 16.5. The van der Waals surface area contributed by atoms with Crippen LogP contribution in [-0.4, -0.2) is 37.9 Å². The Bertz CT molecular complexity index is 433. The summed E-state index contributed by atoms with van der Waals surface area (Å²) >= 11 is 0. The molecule has 102 valence electrons. The minimum atomic E-state index is -0.143. The first-order valence-corrected chi connectivity index (χ1v) is 6.68. The summed E-state index contributed by atoms with van der Waals surface area (Å²) in [5.41, 5.74) is 1.21. The Kier molecular flexibility index (Phi) is 3.55. The van der Waals surface area contributed by atoms with Gasteiger partial charge in [0.15, 0.2) is 0 Å². The van der Waals surface area contributed by atoms with Gasteiger partial charge in [-0.05, 0) is 18.1 Å². The monoisotopic (exact) mass is 262 g/mol. The van der Waals surface area contributed by atoms with E-state index in [1.54, 1.807) is 0 Å². The third kappa shape index (κ3) is 2.98. The molecule has 1 aromatic carbocycles. The Hall–Kier alpha value is -1.75. The first-order chi connectivity index (χ1) is 9.31. The molecule has 0 bridgehead atoms. The second-order valence-corrected chi connectivity index (χ2v) is 4.97. The first-order valence-electron chi connectivity index (χ1n) is 6.68.